The number of hydrogen-bond donors (Lipinski definition) is 1. The molecule has 51 heavy (non-hydrogen) atoms. The molecule has 2 amide bonds. The summed E-state index contributed by atoms with van der Waals surface area (Å²) in [7, 11) is 2.02. The van der Waals surface area contributed by atoms with E-state index >= 15 is 0 Å². The molecule has 12 nitrogen and oxygen atoms in total. The maximum absolute atomic E-state index is 14.5. The fraction of sp³-hybridized carbons (Fsp3) is 0.605. The lowest BCUT2D eigenvalue weighted by molar-refractivity contribution is -0.369. The lowest BCUT2D eigenvalue weighted by atomic mass is 9.89. The molecule has 5 saturated heterocycles. The highest BCUT2D eigenvalue weighted by Gasteiger charge is 2.59. The average Bonchev–Trinajstić information content (AvgIpc) is 3.12. The number of rotatable bonds is 9. The second-order valence-corrected chi connectivity index (χ2v) is 15.1. The lowest BCUT2D eigenvalue weighted by Gasteiger charge is -2.63. The number of likely N-dealkylation sites (tertiary alicyclic amines) is 1. The van der Waals surface area contributed by atoms with Crippen LogP contribution in [0.15, 0.2) is 42.5 Å². The van der Waals surface area contributed by atoms with Crippen molar-refractivity contribution in [2.24, 2.45) is 5.92 Å². The second kappa shape index (κ2) is 15.3. The molecule has 4 atom stereocenters. The highest BCUT2D eigenvalue weighted by molar-refractivity contribution is 6.31. The second-order valence-electron chi connectivity index (χ2n) is 14.7. The monoisotopic (exact) mass is 722 g/mol. The molecular formula is C38H51ClN6O6. The number of likely N-dealkylation sites (N-methyl/N-ethyl adjacent to an activating group) is 1. The molecule has 0 aliphatic carbocycles. The van der Waals surface area contributed by atoms with Crippen LogP contribution in [0.3, 0.4) is 0 Å². The molecule has 6 heterocycles. The summed E-state index contributed by atoms with van der Waals surface area (Å²) in [6.07, 6.45) is 2.70. The quantitative estimate of drug-likeness (QED) is 0.372. The number of para-hydroxylation sites is 1. The van der Waals surface area contributed by atoms with Crippen molar-refractivity contribution in [2.45, 2.75) is 83.1 Å². The summed E-state index contributed by atoms with van der Waals surface area (Å²) < 4.78 is 17.3. The van der Waals surface area contributed by atoms with Crippen LogP contribution in [0.25, 0.3) is 0 Å². The van der Waals surface area contributed by atoms with Crippen molar-refractivity contribution >= 4 is 35.3 Å². The Hall–Kier alpha value is -3.42. The first-order valence-electron chi connectivity index (χ1n) is 18.5. The third-order valence-electron chi connectivity index (χ3n) is 11.4. The number of aryl methyl sites for hydroxylation is 1. The molecule has 6 aliphatic rings. The fourth-order valence-corrected chi connectivity index (χ4v) is 8.71. The van der Waals surface area contributed by atoms with Crippen LogP contribution in [-0.2, 0) is 36.8 Å². The van der Waals surface area contributed by atoms with E-state index in [1.165, 1.54) is 5.56 Å². The Morgan fingerprint density at radius 1 is 1.06 bits per heavy atom. The number of piperazine rings is 1. The highest BCUT2D eigenvalue weighted by atomic mass is 35.5. The van der Waals surface area contributed by atoms with E-state index in [2.05, 4.69) is 32.1 Å². The van der Waals surface area contributed by atoms with Gasteiger partial charge in [-0.25, -0.2) is 9.69 Å². The zero-order valence-electron chi connectivity index (χ0n) is 30.0. The Bertz CT molecular complexity index is 1600. The first-order chi connectivity index (χ1) is 24.6. The van der Waals surface area contributed by atoms with Crippen molar-refractivity contribution in [3.63, 3.8) is 0 Å². The van der Waals surface area contributed by atoms with Gasteiger partial charge < -0.3 is 34.2 Å². The van der Waals surface area contributed by atoms with Gasteiger partial charge in [-0.05, 0) is 75.4 Å². The standard InChI is InChI=1S/C38H51ClN6O6/c1-4-49-37(48)50-35-24-41(3)17-18-44(35)30-11-14-42(15-12-30)36(47)29(20-27-9-10-32(39)26(2)19-27)21-34(46)45-16-13-31-22-38(45,51-31)43-23-28-7-5-6-8-33(28)40-25-43/h5-10,19,29-31,35,40H,4,11-18,20-25H2,1-3H3. The minimum absolute atomic E-state index is 0.000801. The minimum atomic E-state index is -0.811. The molecule has 0 spiro atoms. The highest BCUT2D eigenvalue weighted by Crippen LogP contribution is 2.47. The van der Waals surface area contributed by atoms with Gasteiger partial charge in [0.15, 0.2) is 6.23 Å². The number of carbonyl (C=O) groups excluding carboxylic acids is 3. The van der Waals surface area contributed by atoms with Crippen LogP contribution in [0, 0.1) is 12.8 Å². The smallest absolute Gasteiger partial charge is 0.435 e. The number of nitrogens with one attached hydrogen (secondary N) is 1. The Kier molecular flexibility index (Phi) is 10.8. The van der Waals surface area contributed by atoms with Gasteiger partial charge in [0.1, 0.15) is 0 Å². The van der Waals surface area contributed by atoms with Gasteiger partial charge in [0.2, 0.25) is 17.7 Å². The van der Waals surface area contributed by atoms with Crippen molar-refractivity contribution in [2.75, 3.05) is 64.9 Å². The Balaban J connectivity index is 1.05. The maximum atomic E-state index is 14.5. The van der Waals surface area contributed by atoms with Crippen LogP contribution in [0.2, 0.25) is 5.02 Å². The first kappa shape index (κ1) is 36.0. The van der Waals surface area contributed by atoms with E-state index in [1.807, 2.05) is 54.1 Å². The molecule has 1 N–H and O–H groups in total. The van der Waals surface area contributed by atoms with Crippen molar-refractivity contribution in [1.29, 1.82) is 0 Å². The van der Waals surface area contributed by atoms with Gasteiger partial charge in [-0.3, -0.25) is 14.5 Å². The van der Waals surface area contributed by atoms with Gasteiger partial charge in [0, 0.05) is 75.4 Å². The number of halogens is 1. The fourth-order valence-electron chi connectivity index (χ4n) is 8.59. The number of fused-ring (bicyclic) bond motifs is 3. The molecule has 0 aromatic heterocycles. The molecule has 5 fully saturated rings. The summed E-state index contributed by atoms with van der Waals surface area (Å²) in [5, 5.41) is 4.19. The zero-order valence-corrected chi connectivity index (χ0v) is 30.8. The van der Waals surface area contributed by atoms with Gasteiger partial charge >= 0.3 is 6.16 Å². The molecule has 2 bridgehead atoms. The van der Waals surface area contributed by atoms with E-state index in [-0.39, 0.29) is 37.0 Å². The number of amides is 2. The third kappa shape index (κ3) is 7.57. The molecule has 0 radical (unpaired) electrons. The van der Waals surface area contributed by atoms with Crippen LogP contribution in [0.4, 0.5) is 10.5 Å². The van der Waals surface area contributed by atoms with Crippen molar-refractivity contribution < 1.29 is 28.6 Å². The minimum Gasteiger partial charge on any atom is -0.435 e. The van der Waals surface area contributed by atoms with Gasteiger partial charge in [-0.15, -0.1) is 0 Å². The van der Waals surface area contributed by atoms with Crippen LogP contribution in [0.1, 0.15) is 55.7 Å². The number of ether oxygens (including phenoxy) is 3. The van der Waals surface area contributed by atoms with E-state index in [9.17, 15) is 14.4 Å². The maximum Gasteiger partial charge on any atom is 0.509 e. The van der Waals surface area contributed by atoms with Gasteiger partial charge in [-0.1, -0.05) is 41.9 Å². The molecule has 4 unspecified atom stereocenters. The topological polar surface area (TPSA) is 107 Å². The predicted molar refractivity (Wildman–Crippen MR) is 193 cm³/mol. The molecule has 8 rings (SSSR count). The zero-order chi connectivity index (χ0) is 35.7. The lowest BCUT2D eigenvalue weighted by Crippen LogP contribution is -2.76. The summed E-state index contributed by atoms with van der Waals surface area (Å²) in [5.41, 5.74) is 4.21. The molecule has 6 aliphatic heterocycles. The van der Waals surface area contributed by atoms with Gasteiger partial charge in [-0.2, -0.15) is 0 Å². The van der Waals surface area contributed by atoms with Crippen LogP contribution >= 0.6 is 11.6 Å². The van der Waals surface area contributed by atoms with Crippen molar-refractivity contribution in [3.8, 4) is 0 Å². The predicted octanol–water partition coefficient (Wildman–Crippen LogP) is 4.50. The van der Waals surface area contributed by atoms with E-state index in [1.54, 1.807) is 6.92 Å². The number of anilines is 1. The average molecular weight is 723 g/mol. The van der Waals surface area contributed by atoms with E-state index in [0.29, 0.717) is 50.8 Å². The van der Waals surface area contributed by atoms with E-state index in [4.69, 9.17) is 25.8 Å². The Morgan fingerprint density at radius 2 is 1.84 bits per heavy atom. The summed E-state index contributed by atoms with van der Waals surface area (Å²) >= 11 is 6.37. The van der Waals surface area contributed by atoms with E-state index < -0.39 is 24.2 Å². The Morgan fingerprint density at radius 3 is 2.61 bits per heavy atom. The molecular weight excluding hydrogens is 672 g/mol. The van der Waals surface area contributed by atoms with Crippen molar-refractivity contribution in [1.82, 2.24) is 24.5 Å². The summed E-state index contributed by atoms with van der Waals surface area (Å²) in [6, 6.07) is 14.3. The van der Waals surface area contributed by atoms with Gasteiger partial charge in [0.25, 0.3) is 0 Å². The number of carbonyl (C=O) groups is 3. The van der Waals surface area contributed by atoms with E-state index in [0.717, 1.165) is 55.6 Å². The van der Waals surface area contributed by atoms with Crippen molar-refractivity contribution in [3.05, 3.63) is 64.2 Å². The SMILES string of the molecule is CCOC(=O)OC1CN(C)CCN1C1CCN(C(=O)C(CC(=O)N2CCC3CC2(N2CNc4ccccc4C2)O3)Cc2ccc(Cl)c(C)c2)CC1. The van der Waals surface area contributed by atoms with Crippen LogP contribution in [-0.4, -0.2) is 126 Å². The summed E-state index contributed by atoms with van der Waals surface area (Å²) in [6.45, 7) is 9.24. The largest absolute Gasteiger partial charge is 0.509 e. The number of hydrogen-bond acceptors (Lipinski definition) is 10. The van der Waals surface area contributed by atoms with Crippen LogP contribution in [0.5, 0.6) is 0 Å². The van der Waals surface area contributed by atoms with Gasteiger partial charge in [0.05, 0.1) is 25.3 Å². The first-order valence-corrected chi connectivity index (χ1v) is 18.9. The molecule has 0 saturated carbocycles. The molecule has 13 heteroatoms. The number of piperidine rings is 2. The normalized spacial score (nSPS) is 26.4. The number of nitrogens with zero attached hydrogens (tertiary/aromatic N) is 5. The molecule has 2 aromatic rings. The molecule has 2 aromatic carbocycles. The summed E-state index contributed by atoms with van der Waals surface area (Å²) in [5.74, 6) is -1.40. The number of benzene rings is 2. The third-order valence-corrected chi connectivity index (χ3v) is 11.8. The molecule has 276 valence electrons. The summed E-state index contributed by atoms with van der Waals surface area (Å²) in [4.78, 5) is 51.6. The Labute approximate surface area is 305 Å². The van der Waals surface area contributed by atoms with Crippen LogP contribution < -0.4 is 5.32 Å².